The van der Waals surface area contributed by atoms with Crippen LogP contribution in [0, 0.1) is 0 Å². The maximum atomic E-state index is 13.5. The number of hydrogen-bond acceptors (Lipinski definition) is 7. The first-order valence-electron chi connectivity index (χ1n) is 12.4. The number of amidine groups is 2. The topological polar surface area (TPSA) is 112 Å². The second-order valence-corrected chi connectivity index (χ2v) is 9.84. The van der Waals surface area contributed by atoms with E-state index in [1.54, 1.807) is 7.11 Å². The molecule has 0 radical (unpaired) electrons. The number of nitrogens with one attached hydrogen (secondary N) is 2. The highest BCUT2D eigenvalue weighted by Gasteiger charge is 2.43. The molecule has 10 heteroatoms. The molecule has 0 saturated heterocycles. The van der Waals surface area contributed by atoms with E-state index in [0.717, 1.165) is 11.1 Å². The molecule has 2 N–H and O–H groups in total. The number of methoxy groups -OCH3 is 1. The number of para-hydroxylation sites is 1. The average Bonchev–Trinajstić information content (AvgIpc) is 3.25. The van der Waals surface area contributed by atoms with Crippen molar-refractivity contribution < 1.29 is 19.1 Å². The van der Waals surface area contributed by atoms with Gasteiger partial charge in [0.1, 0.15) is 11.9 Å². The van der Waals surface area contributed by atoms with Gasteiger partial charge in [-0.2, -0.15) is 0 Å². The Bertz CT molecular complexity index is 1200. The molecule has 2 aromatic rings. The molecule has 2 atom stereocenters. The maximum Gasteiger partial charge on any atom is 0.259 e. The maximum absolute atomic E-state index is 13.5. The molecule has 4 rings (SSSR count). The van der Waals surface area contributed by atoms with Crippen LogP contribution >= 0.6 is 11.8 Å². The molecule has 0 fully saturated rings. The third-order valence-electron chi connectivity index (χ3n) is 5.99. The van der Waals surface area contributed by atoms with Gasteiger partial charge in [0.15, 0.2) is 5.17 Å². The smallest absolute Gasteiger partial charge is 0.259 e. The first-order valence-corrected chi connectivity index (χ1v) is 13.2. The number of hydrogen-bond donors (Lipinski definition) is 2. The lowest BCUT2D eigenvalue weighted by Crippen LogP contribution is -2.44. The number of benzene rings is 2. The quantitative estimate of drug-likeness (QED) is 0.442. The summed E-state index contributed by atoms with van der Waals surface area (Å²) in [4.78, 5) is 49.8. The SMILES string of the molecule is CC[C@H](SC1=Nc2ccccc2C2=N[C@H](CC(=O)NCc3ccccc3)C(=O)N12)C(=O)NCCCOC. The predicted octanol–water partition coefficient (Wildman–Crippen LogP) is 3.02. The summed E-state index contributed by atoms with van der Waals surface area (Å²) in [6.07, 6.45) is 1.21. The first kappa shape index (κ1) is 26.6. The zero-order chi connectivity index (χ0) is 26.2. The Labute approximate surface area is 220 Å². The molecule has 0 unspecified atom stereocenters. The summed E-state index contributed by atoms with van der Waals surface area (Å²) < 4.78 is 5.04. The van der Waals surface area contributed by atoms with Crippen LogP contribution in [0.25, 0.3) is 0 Å². The summed E-state index contributed by atoms with van der Waals surface area (Å²) in [7, 11) is 1.62. The first-order chi connectivity index (χ1) is 18.0. The van der Waals surface area contributed by atoms with Gasteiger partial charge in [0.05, 0.1) is 17.4 Å². The van der Waals surface area contributed by atoms with E-state index in [0.29, 0.717) is 49.2 Å². The summed E-state index contributed by atoms with van der Waals surface area (Å²) in [5, 5.41) is 5.76. The fraction of sp³-hybridized carbons (Fsp3) is 0.370. The van der Waals surface area contributed by atoms with E-state index in [-0.39, 0.29) is 24.1 Å². The molecule has 2 aliphatic rings. The van der Waals surface area contributed by atoms with Crippen LogP contribution in [0.15, 0.2) is 64.6 Å². The van der Waals surface area contributed by atoms with Crippen molar-refractivity contribution in [1.82, 2.24) is 15.5 Å². The van der Waals surface area contributed by atoms with Crippen LogP contribution in [0.2, 0.25) is 0 Å². The van der Waals surface area contributed by atoms with Gasteiger partial charge in [-0.05, 0) is 30.5 Å². The van der Waals surface area contributed by atoms with Gasteiger partial charge in [0.25, 0.3) is 5.91 Å². The molecule has 2 aromatic carbocycles. The second-order valence-electron chi connectivity index (χ2n) is 8.67. The Morgan fingerprint density at radius 1 is 1.11 bits per heavy atom. The van der Waals surface area contributed by atoms with Crippen molar-refractivity contribution in [3.05, 3.63) is 65.7 Å². The highest BCUT2D eigenvalue weighted by Crippen LogP contribution is 2.35. The van der Waals surface area contributed by atoms with Crippen molar-refractivity contribution in [1.29, 1.82) is 0 Å². The number of amides is 3. The van der Waals surface area contributed by atoms with Gasteiger partial charge in [-0.3, -0.25) is 19.4 Å². The Kier molecular flexibility index (Phi) is 9.08. The minimum atomic E-state index is -0.856. The minimum Gasteiger partial charge on any atom is -0.385 e. The molecule has 194 valence electrons. The van der Waals surface area contributed by atoms with Crippen molar-refractivity contribution in [3.63, 3.8) is 0 Å². The van der Waals surface area contributed by atoms with E-state index in [4.69, 9.17) is 9.73 Å². The number of fused-ring (bicyclic) bond motifs is 3. The molecular weight excluding hydrogens is 490 g/mol. The lowest BCUT2D eigenvalue weighted by Gasteiger charge is -2.27. The van der Waals surface area contributed by atoms with Crippen LogP contribution in [0.1, 0.15) is 37.3 Å². The Balaban J connectivity index is 1.48. The van der Waals surface area contributed by atoms with Crippen molar-refractivity contribution in [2.45, 2.75) is 44.0 Å². The Hall–Kier alpha value is -3.50. The molecule has 37 heavy (non-hydrogen) atoms. The van der Waals surface area contributed by atoms with E-state index in [9.17, 15) is 14.4 Å². The third kappa shape index (κ3) is 6.44. The monoisotopic (exact) mass is 521 g/mol. The average molecular weight is 522 g/mol. The summed E-state index contributed by atoms with van der Waals surface area (Å²) in [5.41, 5.74) is 2.38. The molecular formula is C27H31N5O4S. The largest absolute Gasteiger partial charge is 0.385 e. The van der Waals surface area contributed by atoms with Crippen LogP contribution in [0.5, 0.6) is 0 Å². The normalized spacial score (nSPS) is 16.9. The van der Waals surface area contributed by atoms with Gasteiger partial charge in [-0.25, -0.2) is 9.89 Å². The van der Waals surface area contributed by atoms with E-state index < -0.39 is 11.3 Å². The number of thioether (sulfide) groups is 1. The minimum absolute atomic E-state index is 0.0665. The second kappa shape index (κ2) is 12.6. The Morgan fingerprint density at radius 3 is 2.62 bits per heavy atom. The van der Waals surface area contributed by atoms with Crippen molar-refractivity contribution in [2.75, 3.05) is 20.3 Å². The highest BCUT2D eigenvalue weighted by atomic mass is 32.2. The fourth-order valence-electron chi connectivity index (χ4n) is 4.05. The van der Waals surface area contributed by atoms with Crippen molar-refractivity contribution in [2.24, 2.45) is 9.98 Å². The van der Waals surface area contributed by atoms with Gasteiger partial charge in [-0.15, -0.1) is 0 Å². The number of carbonyl (C=O) groups is 3. The van der Waals surface area contributed by atoms with Crippen LogP contribution < -0.4 is 10.6 Å². The molecule has 0 bridgehead atoms. The summed E-state index contributed by atoms with van der Waals surface area (Å²) in [5.74, 6) is -0.227. The van der Waals surface area contributed by atoms with Gasteiger partial charge in [0, 0.05) is 32.4 Å². The van der Waals surface area contributed by atoms with Crippen molar-refractivity contribution >= 4 is 46.2 Å². The zero-order valence-electron chi connectivity index (χ0n) is 21.0. The summed E-state index contributed by atoms with van der Waals surface area (Å²) in [6, 6.07) is 16.2. The molecule has 0 aliphatic carbocycles. The number of carbonyl (C=O) groups excluding carboxylic acids is 3. The molecule has 2 heterocycles. The molecule has 2 aliphatic heterocycles. The number of ether oxygens (including phenoxy) is 1. The molecule has 3 amide bonds. The highest BCUT2D eigenvalue weighted by molar-refractivity contribution is 8.15. The summed E-state index contributed by atoms with van der Waals surface area (Å²) >= 11 is 1.24. The van der Waals surface area contributed by atoms with Gasteiger partial charge >= 0.3 is 0 Å². The van der Waals surface area contributed by atoms with Gasteiger partial charge < -0.3 is 15.4 Å². The lowest BCUT2D eigenvalue weighted by molar-refractivity contribution is -0.128. The number of aliphatic imine (C=N–C) groups is 2. The van der Waals surface area contributed by atoms with E-state index in [1.807, 2.05) is 61.5 Å². The lowest BCUT2D eigenvalue weighted by atomic mass is 10.1. The summed E-state index contributed by atoms with van der Waals surface area (Å²) in [6.45, 7) is 3.37. The van der Waals surface area contributed by atoms with Crippen LogP contribution in [0.3, 0.4) is 0 Å². The van der Waals surface area contributed by atoms with Crippen LogP contribution in [-0.2, 0) is 25.7 Å². The molecule has 0 saturated carbocycles. The third-order valence-corrected chi connectivity index (χ3v) is 7.31. The van der Waals surface area contributed by atoms with E-state index >= 15 is 0 Å². The van der Waals surface area contributed by atoms with Crippen molar-refractivity contribution in [3.8, 4) is 0 Å². The van der Waals surface area contributed by atoms with E-state index in [1.165, 1.54) is 16.7 Å². The van der Waals surface area contributed by atoms with E-state index in [2.05, 4.69) is 15.6 Å². The molecule has 9 nitrogen and oxygen atoms in total. The Morgan fingerprint density at radius 2 is 1.86 bits per heavy atom. The van der Waals surface area contributed by atoms with Gasteiger partial charge in [0.2, 0.25) is 11.8 Å². The fourth-order valence-corrected chi connectivity index (χ4v) is 5.09. The standard InChI is InChI=1S/C27H31N5O4S/c1-3-22(25(34)28-14-9-15-36-2)37-27-31-20-13-8-7-12-19(20)24-30-21(26(35)32(24)27)16-23(33)29-17-18-10-5-4-6-11-18/h4-8,10-13,21-22H,3,9,14-17H2,1-2H3,(H,28,34)(H,29,33)/t21-,22+/m1/s1. The number of rotatable bonds is 11. The zero-order valence-corrected chi connectivity index (χ0v) is 21.8. The molecule has 0 aromatic heterocycles. The molecule has 0 spiro atoms. The predicted molar refractivity (Wildman–Crippen MR) is 145 cm³/mol. The van der Waals surface area contributed by atoms with Crippen LogP contribution in [-0.4, -0.2) is 65.2 Å². The number of nitrogens with zero attached hydrogens (tertiary/aromatic N) is 3. The van der Waals surface area contributed by atoms with Crippen LogP contribution in [0.4, 0.5) is 5.69 Å². The van der Waals surface area contributed by atoms with Gasteiger partial charge in [-0.1, -0.05) is 61.2 Å².